The summed E-state index contributed by atoms with van der Waals surface area (Å²) in [6, 6.07) is 7.14. The molecule has 1 aromatic rings. The van der Waals surface area contributed by atoms with Gasteiger partial charge in [-0.3, -0.25) is 0 Å². The molecule has 3 aliphatic rings. The van der Waals surface area contributed by atoms with Crippen molar-refractivity contribution in [3.63, 3.8) is 0 Å². The van der Waals surface area contributed by atoms with Crippen LogP contribution < -0.4 is 5.32 Å². The van der Waals surface area contributed by atoms with Gasteiger partial charge in [-0.05, 0) is 54.8 Å². The minimum atomic E-state index is 0.404. The largest absolute Gasteiger partial charge is 0.385 e. The monoisotopic (exact) mass is 256 g/mol. The molecule has 0 aromatic heterocycles. The Balaban J connectivity index is 1.91. The first kappa shape index (κ1) is 11.9. The van der Waals surface area contributed by atoms with Crippen molar-refractivity contribution in [2.75, 3.05) is 6.54 Å². The van der Waals surface area contributed by atoms with Crippen LogP contribution in [0.4, 0.5) is 0 Å². The van der Waals surface area contributed by atoms with Crippen LogP contribution in [0.25, 0.3) is 0 Å². The number of nitrogens with one attached hydrogen (secondary N) is 1. The first-order chi connectivity index (χ1) is 9.35. The number of aliphatic hydroxyl groups is 1. The van der Waals surface area contributed by atoms with Gasteiger partial charge in [0, 0.05) is 11.5 Å². The minimum Gasteiger partial charge on any atom is -0.385 e. The Labute approximate surface area is 115 Å². The smallest absolute Gasteiger partial charge is 0.109 e. The van der Waals surface area contributed by atoms with Gasteiger partial charge in [-0.1, -0.05) is 31.0 Å². The first-order valence-electron chi connectivity index (χ1n) is 7.68. The maximum Gasteiger partial charge on any atom is 0.109 e. The fraction of sp³-hybridized carbons (Fsp3) is 0.588. The molecule has 1 heterocycles. The van der Waals surface area contributed by atoms with Crippen molar-refractivity contribution in [2.45, 2.75) is 50.0 Å². The molecule has 0 unspecified atom stereocenters. The molecule has 2 N–H and O–H groups in total. The van der Waals surface area contributed by atoms with Gasteiger partial charge in [0.15, 0.2) is 0 Å². The summed E-state index contributed by atoms with van der Waals surface area (Å²) in [4.78, 5) is 0. The molecule has 0 spiro atoms. The van der Waals surface area contributed by atoms with E-state index < -0.39 is 0 Å². The van der Waals surface area contributed by atoms with Crippen LogP contribution in [0.15, 0.2) is 18.2 Å². The third kappa shape index (κ3) is 1.56. The average Bonchev–Trinajstić information content (AvgIpc) is 2.46. The third-order valence-electron chi connectivity index (χ3n) is 5.87. The maximum absolute atomic E-state index is 9.51. The van der Waals surface area contributed by atoms with Crippen LogP contribution in [0.3, 0.4) is 0 Å². The highest BCUT2D eigenvalue weighted by molar-refractivity contribution is 5.47. The highest BCUT2D eigenvalue weighted by Gasteiger charge is 2.51. The number of fused-ring (bicyclic) bond motifs is 1. The maximum atomic E-state index is 9.51. The molecule has 3 atom stereocenters. The number of aliphatic hydroxyl groups excluding tert-OH is 1. The summed E-state index contributed by atoms with van der Waals surface area (Å²) in [6.07, 6.45) is 7.86. The first-order valence-corrected chi connectivity index (χ1v) is 7.68. The highest BCUT2D eigenvalue weighted by Crippen LogP contribution is 2.54. The van der Waals surface area contributed by atoms with Gasteiger partial charge in [0.25, 0.3) is 0 Å². The van der Waals surface area contributed by atoms with Gasteiger partial charge in [-0.15, -0.1) is 0 Å². The minimum absolute atomic E-state index is 0.404. The van der Waals surface area contributed by atoms with Gasteiger partial charge in [0.05, 0.1) is 0 Å². The summed E-state index contributed by atoms with van der Waals surface area (Å²) < 4.78 is 0. The predicted octanol–water partition coefficient (Wildman–Crippen LogP) is 2.91. The Morgan fingerprint density at radius 3 is 3.11 bits per heavy atom. The van der Waals surface area contributed by atoms with Gasteiger partial charge in [-0.25, -0.2) is 0 Å². The molecule has 1 aromatic carbocycles. The Morgan fingerprint density at radius 2 is 2.21 bits per heavy atom. The van der Waals surface area contributed by atoms with Crippen LogP contribution >= 0.6 is 0 Å². The summed E-state index contributed by atoms with van der Waals surface area (Å²) in [7, 11) is 0. The van der Waals surface area contributed by atoms with E-state index >= 15 is 0 Å². The molecule has 2 aliphatic carbocycles. The zero-order valence-corrected chi connectivity index (χ0v) is 11.4. The second-order valence-electron chi connectivity index (χ2n) is 6.53. The molecule has 0 amide bonds. The summed E-state index contributed by atoms with van der Waals surface area (Å²) in [6.45, 7) is 2.46. The van der Waals surface area contributed by atoms with Crippen molar-refractivity contribution >= 4 is 0 Å². The van der Waals surface area contributed by atoms with E-state index in [2.05, 4.69) is 17.4 Å². The third-order valence-corrected chi connectivity index (χ3v) is 5.87. The lowest BCUT2D eigenvalue weighted by Gasteiger charge is -2.56. The predicted molar refractivity (Wildman–Crippen MR) is 75.5 cm³/mol. The molecule has 1 radical (unpaired) electrons. The van der Waals surface area contributed by atoms with E-state index in [1.807, 2.05) is 6.07 Å². The van der Waals surface area contributed by atoms with Crippen molar-refractivity contribution in [3.8, 4) is 0 Å². The summed E-state index contributed by atoms with van der Waals surface area (Å²) in [5, 5.41) is 13.2. The van der Waals surface area contributed by atoms with Crippen LogP contribution in [0.2, 0.25) is 0 Å². The molecule has 2 fully saturated rings. The van der Waals surface area contributed by atoms with Gasteiger partial charge >= 0.3 is 0 Å². The molecular formula is C17H22NO. The van der Waals surface area contributed by atoms with Crippen LogP contribution in [0.1, 0.15) is 48.8 Å². The zero-order valence-electron chi connectivity index (χ0n) is 11.4. The van der Waals surface area contributed by atoms with E-state index in [1.54, 1.807) is 5.56 Å². The van der Waals surface area contributed by atoms with Gasteiger partial charge < -0.3 is 10.4 Å². The Hall–Kier alpha value is -0.860. The normalized spacial score (nSPS) is 36.5. The molecule has 1 aliphatic heterocycles. The van der Waals surface area contributed by atoms with E-state index in [0.717, 1.165) is 24.4 Å². The lowest BCUT2D eigenvalue weighted by Crippen LogP contribution is -2.59. The standard InChI is InChI=1S/C17H22NO/c19-11-12-4-3-6-14-13(12)10-16-15-5-1-2-7-17(14,15)8-9-18-16/h3-4,6,11,15-16,18-19H,1-2,5,7-10H2/t15-,16+,17-/m0/s1. The molecule has 1 saturated carbocycles. The van der Waals surface area contributed by atoms with Crippen molar-refractivity contribution in [2.24, 2.45) is 5.92 Å². The van der Waals surface area contributed by atoms with Gasteiger partial charge in [0.2, 0.25) is 0 Å². The highest BCUT2D eigenvalue weighted by atomic mass is 16.3. The van der Waals surface area contributed by atoms with Crippen molar-refractivity contribution in [1.82, 2.24) is 5.32 Å². The van der Waals surface area contributed by atoms with Crippen molar-refractivity contribution in [3.05, 3.63) is 41.5 Å². The number of hydrogen-bond acceptors (Lipinski definition) is 2. The second kappa shape index (κ2) is 4.32. The molecule has 4 rings (SSSR count). The molecule has 1 saturated heterocycles. The lowest BCUT2D eigenvalue weighted by atomic mass is 9.52. The Morgan fingerprint density at radius 1 is 1.26 bits per heavy atom. The molecule has 2 nitrogen and oxygen atoms in total. The fourth-order valence-electron chi connectivity index (χ4n) is 5.11. The van der Waals surface area contributed by atoms with E-state index in [1.165, 1.54) is 44.3 Å². The van der Waals surface area contributed by atoms with E-state index in [0.29, 0.717) is 11.5 Å². The molecular weight excluding hydrogens is 234 g/mol. The SMILES string of the molecule is O[CH]c1cccc2c1C[C@H]1NCC[C@@]23CCCC[C@@H]13. The number of benzene rings is 1. The van der Waals surface area contributed by atoms with Crippen LogP contribution in [0.5, 0.6) is 0 Å². The molecule has 19 heavy (non-hydrogen) atoms. The second-order valence-corrected chi connectivity index (χ2v) is 6.53. The van der Waals surface area contributed by atoms with E-state index in [4.69, 9.17) is 0 Å². The zero-order chi connectivity index (χ0) is 12.9. The van der Waals surface area contributed by atoms with Crippen molar-refractivity contribution < 1.29 is 5.11 Å². The number of rotatable bonds is 1. The number of hydrogen-bond donors (Lipinski definition) is 2. The Kier molecular flexibility index (Phi) is 2.71. The topological polar surface area (TPSA) is 32.3 Å². The quantitative estimate of drug-likeness (QED) is 0.809. The molecule has 2 heteroatoms. The summed E-state index contributed by atoms with van der Waals surface area (Å²) in [5.41, 5.74) is 4.40. The summed E-state index contributed by atoms with van der Waals surface area (Å²) in [5.74, 6) is 0.816. The van der Waals surface area contributed by atoms with Crippen molar-refractivity contribution in [1.29, 1.82) is 0 Å². The van der Waals surface area contributed by atoms with E-state index in [-0.39, 0.29) is 0 Å². The number of piperidine rings is 1. The molecule has 101 valence electrons. The van der Waals surface area contributed by atoms with E-state index in [9.17, 15) is 5.11 Å². The average molecular weight is 256 g/mol. The summed E-state index contributed by atoms with van der Waals surface area (Å²) >= 11 is 0. The van der Waals surface area contributed by atoms with Gasteiger partial charge in [-0.2, -0.15) is 0 Å². The lowest BCUT2D eigenvalue weighted by molar-refractivity contribution is 0.0794. The van der Waals surface area contributed by atoms with Crippen LogP contribution in [-0.4, -0.2) is 17.7 Å². The molecule has 2 bridgehead atoms. The fourth-order valence-corrected chi connectivity index (χ4v) is 5.11. The van der Waals surface area contributed by atoms with Crippen LogP contribution in [-0.2, 0) is 11.8 Å². The Bertz CT molecular complexity index is 494. The van der Waals surface area contributed by atoms with Crippen LogP contribution in [0, 0.1) is 12.5 Å². The van der Waals surface area contributed by atoms with Gasteiger partial charge in [0.1, 0.15) is 6.61 Å².